The lowest BCUT2D eigenvalue weighted by molar-refractivity contribution is -0.133. The molecule has 8 nitrogen and oxygen atoms in total. The smallest absolute Gasteiger partial charge is 0.273 e. The summed E-state index contributed by atoms with van der Waals surface area (Å²) < 4.78 is 11.9. The first-order valence-corrected chi connectivity index (χ1v) is 9.76. The highest BCUT2D eigenvalue weighted by atomic mass is 16.5. The third kappa shape index (κ3) is 3.45. The van der Waals surface area contributed by atoms with E-state index in [1.54, 1.807) is 49.5 Å². The quantitative estimate of drug-likeness (QED) is 0.696. The van der Waals surface area contributed by atoms with E-state index in [0.717, 1.165) is 23.1 Å². The van der Waals surface area contributed by atoms with Crippen LogP contribution in [0.4, 0.5) is 0 Å². The van der Waals surface area contributed by atoms with Crippen LogP contribution < -0.4 is 20.6 Å². The van der Waals surface area contributed by atoms with Gasteiger partial charge in [-0.05, 0) is 37.1 Å². The number of likely N-dealkylation sites (tertiary alicyclic amines) is 1. The van der Waals surface area contributed by atoms with Gasteiger partial charge in [-0.2, -0.15) is 0 Å². The van der Waals surface area contributed by atoms with Crippen molar-refractivity contribution in [1.82, 2.24) is 14.7 Å². The van der Waals surface area contributed by atoms with E-state index in [-0.39, 0.29) is 18.5 Å². The molecule has 3 aromatic rings. The number of carbonyl (C=O) groups is 1. The van der Waals surface area contributed by atoms with Crippen LogP contribution in [0, 0.1) is 0 Å². The fraction of sp³-hybridized carbons (Fsp3) is 0.318. The molecule has 0 saturated carbocycles. The highest BCUT2D eigenvalue weighted by Gasteiger charge is 2.32. The third-order valence-corrected chi connectivity index (χ3v) is 5.55. The number of carbonyl (C=O) groups excluding carboxylic acids is 1. The van der Waals surface area contributed by atoms with Crippen LogP contribution in [0.25, 0.3) is 10.8 Å². The first-order valence-electron chi connectivity index (χ1n) is 9.76. The van der Waals surface area contributed by atoms with E-state index in [9.17, 15) is 14.4 Å². The Morgan fingerprint density at radius 1 is 1.10 bits per heavy atom. The van der Waals surface area contributed by atoms with Gasteiger partial charge in [0.1, 0.15) is 18.0 Å². The van der Waals surface area contributed by atoms with E-state index in [2.05, 4.69) is 5.10 Å². The zero-order chi connectivity index (χ0) is 21.3. The monoisotopic (exact) mass is 409 g/mol. The first kappa shape index (κ1) is 19.8. The largest absolute Gasteiger partial charge is 0.497 e. The Morgan fingerprint density at radius 3 is 2.60 bits per heavy atom. The Hall–Kier alpha value is -3.55. The predicted octanol–water partition coefficient (Wildman–Crippen LogP) is 2.07. The number of amides is 1. The molecule has 2 heterocycles. The number of fused-ring (bicyclic) bond motifs is 1. The molecule has 0 spiro atoms. The molecule has 1 aliphatic rings. The summed E-state index contributed by atoms with van der Waals surface area (Å²) >= 11 is 0. The summed E-state index contributed by atoms with van der Waals surface area (Å²) in [5, 5.41) is 3.13. The van der Waals surface area contributed by atoms with Crippen LogP contribution in [0.3, 0.4) is 0 Å². The van der Waals surface area contributed by atoms with Crippen molar-refractivity contribution in [2.45, 2.75) is 25.4 Å². The second-order valence-electron chi connectivity index (χ2n) is 7.23. The summed E-state index contributed by atoms with van der Waals surface area (Å²) in [6.45, 7) is 0.346. The van der Waals surface area contributed by atoms with E-state index >= 15 is 0 Å². The molecule has 156 valence electrons. The number of aromatic amines is 1. The Labute approximate surface area is 172 Å². The van der Waals surface area contributed by atoms with Crippen molar-refractivity contribution in [3.05, 3.63) is 68.7 Å². The van der Waals surface area contributed by atoms with Gasteiger partial charge in [-0.1, -0.05) is 12.1 Å². The van der Waals surface area contributed by atoms with Gasteiger partial charge in [0.25, 0.3) is 11.1 Å². The molecular weight excluding hydrogens is 386 g/mol. The van der Waals surface area contributed by atoms with Gasteiger partial charge >= 0.3 is 0 Å². The summed E-state index contributed by atoms with van der Waals surface area (Å²) in [6, 6.07) is 11.9. The average molecular weight is 409 g/mol. The molecule has 0 radical (unpaired) electrons. The fourth-order valence-corrected chi connectivity index (χ4v) is 4.07. The van der Waals surface area contributed by atoms with Crippen LogP contribution in [0.5, 0.6) is 11.5 Å². The molecule has 1 fully saturated rings. The van der Waals surface area contributed by atoms with Gasteiger partial charge in [-0.25, -0.2) is 4.68 Å². The zero-order valence-electron chi connectivity index (χ0n) is 16.9. The maximum Gasteiger partial charge on any atom is 0.273 e. The lowest BCUT2D eigenvalue weighted by Crippen LogP contribution is -2.39. The molecule has 1 atom stereocenters. The van der Waals surface area contributed by atoms with Gasteiger partial charge in [-0.3, -0.25) is 19.5 Å². The highest BCUT2D eigenvalue weighted by Crippen LogP contribution is 2.38. The second-order valence-corrected chi connectivity index (χ2v) is 7.23. The van der Waals surface area contributed by atoms with E-state index in [4.69, 9.17) is 9.47 Å². The summed E-state index contributed by atoms with van der Waals surface area (Å²) in [5.41, 5.74) is 0.104. The molecule has 1 aliphatic heterocycles. The number of nitrogens with zero attached hydrogens (tertiary/aromatic N) is 2. The van der Waals surface area contributed by atoms with Crippen LogP contribution in [0.1, 0.15) is 24.4 Å². The van der Waals surface area contributed by atoms with E-state index in [1.807, 2.05) is 12.1 Å². The number of methoxy groups -OCH3 is 2. The van der Waals surface area contributed by atoms with Crippen molar-refractivity contribution >= 4 is 16.7 Å². The number of rotatable bonds is 5. The lowest BCUT2D eigenvalue weighted by atomic mass is 10.0. The predicted molar refractivity (Wildman–Crippen MR) is 112 cm³/mol. The Bertz CT molecular complexity index is 1210. The molecule has 30 heavy (non-hydrogen) atoms. The van der Waals surface area contributed by atoms with Gasteiger partial charge in [0, 0.05) is 18.2 Å². The van der Waals surface area contributed by atoms with Crippen LogP contribution in [0.2, 0.25) is 0 Å². The van der Waals surface area contributed by atoms with Crippen LogP contribution in [0.15, 0.2) is 52.1 Å². The molecule has 1 unspecified atom stereocenters. The fourth-order valence-electron chi connectivity index (χ4n) is 4.07. The number of hydrogen-bond acceptors (Lipinski definition) is 5. The molecule has 1 N–H and O–H groups in total. The number of hydrogen-bond donors (Lipinski definition) is 1. The number of H-pyrrole nitrogens is 1. The van der Waals surface area contributed by atoms with Crippen LogP contribution >= 0.6 is 0 Å². The minimum absolute atomic E-state index is 0.166. The molecule has 0 bridgehead atoms. The normalized spacial score (nSPS) is 16.1. The van der Waals surface area contributed by atoms with E-state index in [1.165, 1.54) is 0 Å². The maximum absolute atomic E-state index is 13.1. The summed E-state index contributed by atoms with van der Waals surface area (Å²) in [5.74, 6) is 1.09. The Kier molecular flexibility index (Phi) is 5.31. The van der Waals surface area contributed by atoms with Crippen molar-refractivity contribution < 1.29 is 14.3 Å². The topological polar surface area (TPSA) is 93.6 Å². The summed E-state index contributed by atoms with van der Waals surface area (Å²) in [6.07, 6.45) is 1.63. The Balaban J connectivity index is 1.64. The SMILES string of the molecule is COc1ccc(C2CCCN2C(=O)Cn2[nH]c(=O)c3ccccc3c2=O)c(OC)c1. The van der Waals surface area contributed by atoms with Crippen molar-refractivity contribution in [2.24, 2.45) is 0 Å². The van der Waals surface area contributed by atoms with Gasteiger partial charge in [-0.15, -0.1) is 0 Å². The molecular formula is C22H23N3O5. The minimum Gasteiger partial charge on any atom is -0.497 e. The summed E-state index contributed by atoms with van der Waals surface area (Å²) in [4.78, 5) is 39.9. The molecule has 1 amide bonds. The van der Waals surface area contributed by atoms with E-state index < -0.39 is 11.1 Å². The minimum atomic E-state index is -0.396. The highest BCUT2D eigenvalue weighted by molar-refractivity contribution is 5.81. The Morgan fingerprint density at radius 2 is 1.87 bits per heavy atom. The summed E-state index contributed by atoms with van der Waals surface area (Å²) in [7, 11) is 3.17. The van der Waals surface area contributed by atoms with Gasteiger partial charge in [0.05, 0.1) is 31.0 Å². The number of ether oxygens (including phenoxy) is 2. The number of aromatic nitrogens is 2. The standard InChI is InChI=1S/C22H23N3O5/c1-29-14-9-10-17(19(12-14)30-2)18-8-5-11-24(18)20(26)13-25-22(28)16-7-4-3-6-15(16)21(27)23-25/h3-4,6-7,9-10,12,18H,5,8,11,13H2,1-2H3,(H,23,27). The number of benzene rings is 2. The maximum atomic E-state index is 13.1. The number of nitrogens with one attached hydrogen (secondary N) is 1. The molecule has 4 rings (SSSR count). The molecule has 2 aromatic carbocycles. The molecule has 0 aliphatic carbocycles. The van der Waals surface area contributed by atoms with Crippen molar-refractivity contribution in [2.75, 3.05) is 20.8 Å². The van der Waals surface area contributed by atoms with Crippen molar-refractivity contribution in [3.8, 4) is 11.5 Å². The van der Waals surface area contributed by atoms with Gasteiger partial charge in [0.15, 0.2) is 0 Å². The average Bonchev–Trinajstić information content (AvgIpc) is 3.26. The second kappa shape index (κ2) is 8.06. The van der Waals surface area contributed by atoms with Crippen molar-refractivity contribution in [1.29, 1.82) is 0 Å². The molecule has 1 saturated heterocycles. The lowest BCUT2D eigenvalue weighted by Gasteiger charge is -2.26. The van der Waals surface area contributed by atoms with Crippen LogP contribution in [-0.2, 0) is 11.3 Å². The van der Waals surface area contributed by atoms with E-state index in [0.29, 0.717) is 28.8 Å². The van der Waals surface area contributed by atoms with Crippen molar-refractivity contribution in [3.63, 3.8) is 0 Å². The first-order chi connectivity index (χ1) is 14.5. The zero-order valence-corrected chi connectivity index (χ0v) is 16.9. The van der Waals surface area contributed by atoms with Gasteiger partial charge < -0.3 is 14.4 Å². The van der Waals surface area contributed by atoms with Gasteiger partial charge in [0.2, 0.25) is 5.91 Å². The molecule has 1 aromatic heterocycles. The molecule has 8 heteroatoms. The third-order valence-electron chi connectivity index (χ3n) is 5.55. The van der Waals surface area contributed by atoms with Crippen LogP contribution in [-0.4, -0.2) is 41.4 Å².